The maximum Gasteiger partial charge on any atom is 0.0393 e. The number of thiophene rings is 1. The van der Waals surface area contributed by atoms with Crippen molar-refractivity contribution in [3.63, 3.8) is 0 Å². The van der Waals surface area contributed by atoms with E-state index in [1.54, 1.807) is 10.4 Å². The van der Waals surface area contributed by atoms with Crippen molar-refractivity contribution in [2.24, 2.45) is 5.73 Å². The molecular weight excluding hydrogens is 250 g/mol. The lowest BCUT2D eigenvalue weighted by molar-refractivity contribution is 0.660. The van der Waals surface area contributed by atoms with Gasteiger partial charge in [-0.1, -0.05) is 30.3 Å². The monoisotopic (exact) mass is 271 g/mol. The summed E-state index contributed by atoms with van der Waals surface area (Å²) in [5, 5.41) is 0. The normalized spacial score (nSPS) is 16.1. The van der Waals surface area contributed by atoms with Crippen LogP contribution in [-0.2, 0) is 19.3 Å². The van der Waals surface area contributed by atoms with Gasteiger partial charge < -0.3 is 5.73 Å². The summed E-state index contributed by atoms with van der Waals surface area (Å²) in [4.78, 5) is 2.99. The molecule has 1 unspecified atom stereocenters. The summed E-state index contributed by atoms with van der Waals surface area (Å²) in [5.74, 6) is 0. The minimum absolute atomic E-state index is 0.204. The van der Waals surface area contributed by atoms with Gasteiger partial charge in [0.15, 0.2) is 0 Å². The maximum absolute atomic E-state index is 6.37. The van der Waals surface area contributed by atoms with Crippen LogP contribution in [0.2, 0.25) is 0 Å². The Balaban J connectivity index is 1.64. The molecule has 1 heterocycles. The molecule has 2 N–H and O–H groups in total. The van der Waals surface area contributed by atoms with E-state index in [1.165, 1.54) is 36.1 Å². The van der Waals surface area contributed by atoms with Crippen LogP contribution in [0.15, 0.2) is 36.4 Å². The molecule has 2 heteroatoms. The fourth-order valence-corrected chi connectivity index (χ4v) is 4.10. The van der Waals surface area contributed by atoms with Crippen molar-refractivity contribution in [3.8, 4) is 0 Å². The second-order valence-electron chi connectivity index (χ2n) is 5.44. The number of benzene rings is 1. The zero-order valence-corrected chi connectivity index (χ0v) is 12.1. The topological polar surface area (TPSA) is 26.0 Å². The Hall–Kier alpha value is -1.12. The largest absolute Gasteiger partial charge is 0.323 e. The molecule has 0 saturated heterocycles. The van der Waals surface area contributed by atoms with Crippen LogP contribution < -0.4 is 5.73 Å². The smallest absolute Gasteiger partial charge is 0.0393 e. The number of aryl methyl sites for hydroxylation is 3. The van der Waals surface area contributed by atoms with Crippen LogP contribution in [0.3, 0.4) is 0 Å². The van der Waals surface area contributed by atoms with Crippen molar-refractivity contribution < 1.29 is 0 Å². The molecule has 0 bridgehead atoms. The number of nitrogens with two attached hydrogens (primary N) is 1. The van der Waals surface area contributed by atoms with Gasteiger partial charge in [0.05, 0.1) is 0 Å². The SMILES string of the molecule is NC(CCc1ccccc1)c1cc2c(s1)CCCC2. The Morgan fingerprint density at radius 3 is 2.68 bits per heavy atom. The third-order valence-electron chi connectivity index (χ3n) is 3.97. The van der Waals surface area contributed by atoms with Gasteiger partial charge in [-0.3, -0.25) is 0 Å². The zero-order valence-electron chi connectivity index (χ0n) is 11.3. The van der Waals surface area contributed by atoms with E-state index < -0.39 is 0 Å². The first-order valence-electron chi connectivity index (χ1n) is 7.24. The highest BCUT2D eigenvalue weighted by molar-refractivity contribution is 7.12. The summed E-state index contributed by atoms with van der Waals surface area (Å²) in [6.45, 7) is 0. The molecule has 2 aromatic rings. The van der Waals surface area contributed by atoms with Gasteiger partial charge in [-0.15, -0.1) is 11.3 Å². The van der Waals surface area contributed by atoms with E-state index >= 15 is 0 Å². The predicted octanol–water partition coefficient (Wildman–Crippen LogP) is 4.26. The molecule has 3 rings (SSSR count). The van der Waals surface area contributed by atoms with Crippen molar-refractivity contribution in [1.29, 1.82) is 0 Å². The lowest BCUT2D eigenvalue weighted by Gasteiger charge is -2.09. The highest BCUT2D eigenvalue weighted by atomic mass is 32.1. The second-order valence-corrected chi connectivity index (χ2v) is 6.60. The lowest BCUT2D eigenvalue weighted by Crippen LogP contribution is -2.09. The summed E-state index contributed by atoms with van der Waals surface area (Å²) in [7, 11) is 0. The first-order valence-corrected chi connectivity index (χ1v) is 8.05. The van der Waals surface area contributed by atoms with Crippen LogP contribution >= 0.6 is 11.3 Å². The van der Waals surface area contributed by atoms with E-state index in [2.05, 4.69) is 36.4 Å². The Labute approximate surface area is 119 Å². The predicted molar refractivity (Wildman–Crippen MR) is 82.7 cm³/mol. The Kier molecular flexibility index (Phi) is 4.00. The molecule has 1 aromatic heterocycles. The van der Waals surface area contributed by atoms with Crippen LogP contribution in [0.4, 0.5) is 0 Å². The first kappa shape index (κ1) is 12.9. The van der Waals surface area contributed by atoms with E-state index in [9.17, 15) is 0 Å². The van der Waals surface area contributed by atoms with Crippen molar-refractivity contribution >= 4 is 11.3 Å². The van der Waals surface area contributed by atoms with E-state index in [1.807, 2.05) is 11.3 Å². The average Bonchev–Trinajstić information content (AvgIpc) is 2.90. The van der Waals surface area contributed by atoms with Crippen LogP contribution in [-0.4, -0.2) is 0 Å². The van der Waals surface area contributed by atoms with Gasteiger partial charge >= 0.3 is 0 Å². The van der Waals surface area contributed by atoms with Crippen molar-refractivity contribution in [2.45, 2.75) is 44.6 Å². The molecular formula is C17H21NS. The van der Waals surface area contributed by atoms with Gasteiger partial charge in [0.25, 0.3) is 0 Å². The Morgan fingerprint density at radius 1 is 1.11 bits per heavy atom. The molecule has 1 aliphatic rings. The Bertz CT molecular complexity index is 506. The number of fused-ring (bicyclic) bond motifs is 1. The molecule has 1 nitrogen and oxygen atoms in total. The van der Waals surface area contributed by atoms with E-state index in [-0.39, 0.29) is 6.04 Å². The van der Waals surface area contributed by atoms with E-state index in [0.717, 1.165) is 12.8 Å². The average molecular weight is 271 g/mol. The summed E-state index contributed by atoms with van der Waals surface area (Å²) >= 11 is 1.95. The van der Waals surface area contributed by atoms with Crippen molar-refractivity contribution in [3.05, 3.63) is 57.3 Å². The quantitative estimate of drug-likeness (QED) is 0.883. The van der Waals surface area contributed by atoms with Crippen molar-refractivity contribution in [2.75, 3.05) is 0 Å². The van der Waals surface area contributed by atoms with Gasteiger partial charge in [0.1, 0.15) is 0 Å². The molecule has 1 aliphatic carbocycles. The van der Waals surface area contributed by atoms with Crippen LogP contribution in [0.1, 0.15) is 46.2 Å². The molecule has 0 fully saturated rings. The highest BCUT2D eigenvalue weighted by Gasteiger charge is 2.16. The molecule has 0 saturated carbocycles. The van der Waals surface area contributed by atoms with Gasteiger partial charge in [0, 0.05) is 15.8 Å². The molecule has 19 heavy (non-hydrogen) atoms. The summed E-state index contributed by atoms with van der Waals surface area (Å²) in [6.07, 6.45) is 7.35. The number of hydrogen-bond donors (Lipinski definition) is 1. The molecule has 1 aromatic carbocycles. The third kappa shape index (κ3) is 3.07. The minimum atomic E-state index is 0.204. The van der Waals surface area contributed by atoms with Gasteiger partial charge in [-0.05, 0) is 55.7 Å². The number of hydrogen-bond acceptors (Lipinski definition) is 2. The molecule has 0 aliphatic heterocycles. The van der Waals surface area contributed by atoms with Crippen molar-refractivity contribution in [1.82, 2.24) is 0 Å². The first-order chi connectivity index (χ1) is 9.33. The van der Waals surface area contributed by atoms with Gasteiger partial charge in [-0.2, -0.15) is 0 Å². The summed E-state index contributed by atoms with van der Waals surface area (Å²) in [6, 6.07) is 13.2. The molecule has 0 radical (unpaired) electrons. The van der Waals surface area contributed by atoms with E-state index in [0.29, 0.717) is 0 Å². The maximum atomic E-state index is 6.37. The molecule has 100 valence electrons. The molecule has 0 spiro atoms. The lowest BCUT2D eigenvalue weighted by atomic mass is 9.98. The van der Waals surface area contributed by atoms with Gasteiger partial charge in [0.2, 0.25) is 0 Å². The molecule has 0 amide bonds. The minimum Gasteiger partial charge on any atom is -0.323 e. The fraction of sp³-hybridized carbons (Fsp3) is 0.412. The number of rotatable bonds is 4. The standard InChI is InChI=1S/C17H21NS/c18-15(11-10-13-6-2-1-3-7-13)17-12-14-8-4-5-9-16(14)19-17/h1-3,6-7,12,15H,4-5,8-11,18H2. The highest BCUT2D eigenvalue weighted by Crippen LogP contribution is 2.33. The van der Waals surface area contributed by atoms with Gasteiger partial charge in [-0.25, -0.2) is 0 Å². The zero-order chi connectivity index (χ0) is 13.1. The van der Waals surface area contributed by atoms with E-state index in [4.69, 9.17) is 5.73 Å². The van der Waals surface area contributed by atoms with Crippen LogP contribution in [0, 0.1) is 0 Å². The summed E-state index contributed by atoms with van der Waals surface area (Å²) in [5.41, 5.74) is 9.32. The Morgan fingerprint density at radius 2 is 1.89 bits per heavy atom. The second kappa shape index (κ2) is 5.89. The van der Waals surface area contributed by atoms with Crippen LogP contribution in [0.5, 0.6) is 0 Å². The van der Waals surface area contributed by atoms with Crippen LogP contribution in [0.25, 0.3) is 0 Å². The summed E-state index contributed by atoms with van der Waals surface area (Å²) < 4.78 is 0. The fourth-order valence-electron chi connectivity index (χ4n) is 2.81. The molecule has 1 atom stereocenters. The third-order valence-corrected chi connectivity index (χ3v) is 5.34.